The van der Waals surface area contributed by atoms with Crippen LogP contribution in [0.5, 0.6) is 0 Å². The molecule has 9 nitrogen and oxygen atoms in total. The Morgan fingerprint density at radius 2 is 1.33 bits per heavy atom. The molecule has 0 aliphatic carbocycles. The van der Waals surface area contributed by atoms with Gasteiger partial charge in [-0.25, -0.2) is 15.0 Å². The summed E-state index contributed by atoms with van der Waals surface area (Å²) < 4.78 is 8.35. The summed E-state index contributed by atoms with van der Waals surface area (Å²) in [6.45, 7) is 0.767. The number of nitrogens with one attached hydrogen (secondary N) is 1. The molecule has 1 aliphatic rings. The van der Waals surface area contributed by atoms with Crippen molar-refractivity contribution in [3.63, 3.8) is 0 Å². The van der Waals surface area contributed by atoms with Crippen molar-refractivity contribution in [3.8, 4) is 0 Å². The predicted molar refractivity (Wildman–Crippen MR) is 171 cm³/mol. The SMILES string of the molecule is O=C(Nc1ncnc2c1ncn2[C@H]1CN(C(c2ccccc2)(c2ccccc2)c2ccccc2)C[C@H](CO)O1)c1ccccc1. The minimum absolute atomic E-state index is 0.165. The van der Waals surface area contributed by atoms with Crippen molar-refractivity contribution in [2.45, 2.75) is 17.9 Å². The zero-order valence-corrected chi connectivity index (χ0v) is 24.5. The third-order valence-electron chi connectivity index (χ3n) is 8.34. The maximum absolute atomic E-state index is 12.9. The molecule has 2 aromatic heterocycles. The van der Waals surface area contributed by atoms with Crippen molar-refractivity contribution >= 4 is 22.9 Å². The summed E-state index contributed by atoms with van der Waals surface area (Å²) in [6, 6.07) is 40.3. The number of ether oxygens (including phenoxy) is 1. The van der Waals surface area contributed by atoms with Gasteiger partial charge in [-0.3, -0.25) is 14.3 Å². The van der Waals surface area contributed by atoms with Crippen molar-refractivity contribution in [3.05, 3.63) is 156 Å². The van der Waals surface area contributed by atoms with Crippen LogP contribution in [0.25, 0.3) is 11.2 Å². The molecular weight excluding hydrogens is 564 g/mol. The Labute approximate surface area is 260 Å². The monoisotopic (exact) mass is 596 g/mol. The van der Waals surface area contributed by atoms with Gasteiger partial charge < -0.3 is 15.2 Å². The maximum atomic E-state index is 12.9. The van der Waals surface area contributed by atoms with Gasteiger partial charge in [-0.1, -0.05) is 109 Å². The van der Waals surface area contributed by atoms with Crippen molar-refractivity contribution < 1.29 is 14.6 Å². The number of imidazole rings is 1. The molecule has 0 spiro atoms. The highest BCUT2D eigenvalue weighted by Crippen LogP contribution is 2.44. The molecule has 224 valence electrons. The van der Waals surface area contributed by atoms with Crippen LogP contribution in [0.2, 0.25) is 0 Å². The molecule has 1 saturated heterocycles. The summed E-state index contributed by atoms with van der Waals surface area (Å²) in [5, 5.41) is 13.4. The summed E-state index contributed by atoms with van der Waals surface area (Å²) in [5.74, 6) is 0.0233. The number of carbonyl (C=O) groups excluding carboxylic acids is 1. The van der Waals surface area contributed by atoms with Crippen molar-refractivity contribution in [1.82, 2.24) is 24.4 Å². The number of hydrogen-bond acceptors (Lipinski definition) is 7. The molecule has 3 heterocycles. The van der Waals surface area contributed by atoms with Gasteiger partial charge in [0.2, 0.25) is 0 Å². The van der Waals surface area contributed by atoms with Gasteiger partial charge in [-0.2, -0.15) is 0 Å². The van der Waals surface area contributed by atoms with Gasteiger partial charge in [-0.05, 0) is 28.8 Å². The van der Waals surface area contributed by atoms with E-state index < -0.39 is 17.9 Å². The summed E-state index contributed by atoms with van der Waals surface area (Å²) in [7, 11) is 0. The normalized spacial score (nSPS) is 17.3. The van der Waals surface area contributed by atoms with Crippen LogP contribution in [0.1, 0.15) is 33.3 Å². The van der Waals surface area contributed by atoms with Crippen molar-refractivity contribution in [2.24, 2.45) is 0 Å². The van der Waals surface area contributed by atoms with Gasteiger partial charge in [0.15, 0.2) is 17.0 Å². The second-order valence-corrected chi connectivity index (χ2v) is 11.0. The lowest BCUT2D eigenvalue weighted by Gasteiger charge is -2.50. The molecule has 0 bridgehead atoms. The molecule has 6 aromatic rings. The number of hydrogen-bond donors (Lipinski definition) is 2. The third-order valence-corrected chi connectivity index (χ3v) is 8.34. The number of nitrogens with zero attached hydrogens (tertiary/aromatic N) is 5. The van der Waals surface area contributed by atoms with E-state index in [2.05, 4.69) is 98.0 Å². The topological polar surface area (TPSA) is 105 Å². The van der Waals surface area contributed by atoms with E-state index in [0.717, 1.165) is 16.7 Å². The standard InChI is InChI=1S/C36H32N6O3/c43-23-30-21-41(36(27-15-7-2-8-16-27,28-17-9-3-10-18-28)29-19-11-4-12-20-29)22-31(45-30)42-25-39-32-33(37-24-38-34(32)42)40-35(44)26-13-5-1-6-14-26/h1-20,24-25,30-31,43H,21-23H2,(H,37,38,40,44)/t30-,31-/m1/s1. The molecule has 7 rings (SSSR count). The van der Waals surface area contributed by atoms with Gasteiger partial charge in [0.1, 0.15) is 12.6 Å². The average Bonchev–Trinajstić information content (AvgIpc) is 3.56. The van der Waals surface area contributed by atoms with E-state index in [1.54, 1.807) is 18.5 Å². The first-order valence-electron chi connectivity index (χ1n) is 14.9. The van der Waals surface area contributed by atoms with Crippen molar-refractivity contribution in [2.75, 3.05) is 25.0 Å². The van der Waals surface area contributed by atoms with Crippen LogP contribution in [0, 0.1) is 0 Å². The second kappa shape index (κ2) is 12.4. The number of aliphatic hydroxyl groups is 1. The van der Waals surface area contributed by atoms with Crippen LogP contribution in [-0.2, 0) is 10.3 Å². The van der Waals surface area contributed by atoms with Gasteiger partial charge in [0, 0.05) is 18.7 Å². The van der Waals surface area contributed by atoms with E-state index in [4.69, 9.17) is 4.74 Å². The average molecular weight is 597 g/mol. The molecule has 2 atom stereocenters. The van der Waals surface area contributed by atoms with Crippen LogP contribution in [0.3, 0.4) is 0 Å². The van der Waals surface area contributed by atoms with E-state index in [-0.39, 0.29) is 12.5 Å². The van der Waals surface area contributed by atoms with Crippen molar-refractivity contribution in [1.29, 1.82) is 0 Å². The molecule has 0 saturated carbocycles. The van der Waals surface area contributed by atoms with E-state index in [0.29, 0.717) is 35.6 Å². The Morgan fingerprint density at radius 3 is 1.89 bits per heavy atom. The maximum Gasteiger partial charge on any atom is 0.256 e. The Balaban J connectivity index is 1.32. The minimum Gasteiger partial charge on any atom is -0.394 e. The molecule has 45 heavy (non-hydrogen) atoms. The van der Waals surface area contributed by atoms with Gasteiger partial charge >= 0.3 is 0 Å². The number of aliphatic hydroxyl groups excluding tert-OH is 1. The molecule has 0 unspecified atom stereocenters. The fraction of sp³-hybridized carbons (Fsp3) is 0.167. The highest BCUT2D eigenvalue weighted by molar-refractivity contribution is 6.06. The van der Waals surface area contributed by atoms with Crippen LogP contribution in [0.4, 0.5) is 5.82 Å². The summed E-state index contributed by atoms with van der Waals surface area (Å²) >= 11 is 0. The zero-order chi connectivity index (χ0) is 30.6. The van der Waals surface area contributed by atoms with Crippen LogP contribution >= 0.6 is 0 Å². The largest absolute Gasteiger partial charge is 0.394 e. The number of aromatic nitrogens is 4. The van der Waals surface area contributed by atoms with E-state index >= 15 is 0 Å². The molecular formula is C36H32N6O3. The molecule has 0 radical (unpaired) electrons. The quantitative estimate of drug-likeness (QED) is 0.231. The van der Waals surface area contributed by atoms with Crippen LogP contribution in [-0.4, -0.2) is 61.2 Å². The molecule has 1 aliphatic heterocycles. The van der Waals surface area contributed by atoms with Crippen LogP contribution in [0.15, 0.2) is 134 Å². The number of fused-ring (bicyclic) bond motifs is 1. The Bertz CT molecular complexity index is 1790. The number of anilines is 1. The lowest BCUT2D eigenvalue weighted by molar-refractivity contribution is -0.148. The Hall–Kier alpha value is -5.22. The fourth-order valence-electron chi connectivity index (χ4n) is 6.35. The predicted octanol–water partition coefficient (Wildman–Crippen LogP) is 5.26. The van der Waals surface area contributed by atoms with Gasteiger partial charge in [0.25, 0.3) is 5.91 Å². The lowest BCUT2D eigenvalue weighted by Crippen LogP contribution is -2.57. The van der Waals surface area contributed by atoms with E-state index in [1.165, 1.54) is 6.33 Å². The number of rotatable bonds is 8. The number of carbonyl (C=O) groups is 1. The third kappa shape index (κ3) is 5.27. The van der Waals surface area contributed by atoms with Crippen LogP contribution < -0.4 is 5.32 Å². The zero-order valence-electron chi connectivity index (χ0n) is 24.5. The highest BCUT2D eigenvalue weighted by Gasteiger charge is 2.46. The first kappa shape index (κ1) is 28.5. The van der Waals surface area contributed by atoms with E-state index in [1.807, 2.05) is 41.0 Å². The molecule has 2 N–H and O–H groups in total. The van der Waals surface area contributed by atoms with E-state index in [9.17, 15) is 9.90 Å². The minimum atomic E-state index is -0.695. The van der Waals surface area contributed by atoms with Gasteiger partial charge in [-0.15, -0.1) is 0 Å². The molecule has 1 fully saturated rings. The lowest BCUT2D eigenvalue weighted by atomic mass is 9.75. The first-order valence-corrected chi connectivity index (χ1v) is 14.9. The Kier molecular flexibility index (Phi) is 7.87. The smallest absolute Gasteiger partial charge is 0.256 e. The molecule has 4 aromatic carbocycles. The van der Waals surface area contributed by atoms with Gasteiger partial charge in [0.05, 0.1) is 24.6 Å². The molecule has 9 heteroatoms. The fourth-order valence-corrected chi connectivity index (χ4v) is 6.35. The summed E-state index contributed by atoms with van der Waals surface area (Å²) in [6.07, 6.45) is 2.03. The number of morpholine rings is 1. The highest BCUT2D eigenvalue weighted by atomic mass is 16.5. The first-order chi connectivity index (χ1) is 22.2. The Morgan fingerprint density at radius 1 is 0.778 bits per heavy atom. The summed E-state index contributed by atoms with van der Waals surface area (Å²) in [5.41, 5.74) is 4.08. The number of benzene rings is 4. The second-order valence-electron chi connectivity index (χ2n) is 11.0. The summed E-state index contributed by atoms with van der Waals surface area (Å²) in [4.78, 5) is 28.8. The number of amides is 1. The molecule has 1 amide bonds.